The average Bonchev–Trinajstić information content (AvgIpc) is 2.97. The van der Waals surface area contributed by atoms with Crippen LogP contribution in [0.5, 0.6) is 0 Å². The second-order valence-corrected chi connectivity index (χ2v) is 8.06. The van der Waals surface area contributed by atoms with Crippen molar-refractivity contribution in [3.05, 3.63) is 29.8 Å². The van der Waals surface area contributed by atoms with Crippen LogP contribution < -0.4 is 4.90 Å². The number of carbonyl (C=O) groups excluding carboxylic acids is 1. The summed E-state index contributed by atoms with van der Waals surface area (Å²) >= 11 is 1.76. The van der Waals surface area contributed by atoms with Crippen LogP contribution in [0.25, 0.3) is 0 Å². The fourth-order valence-corrected chi connectivity index (χ4v) is 4.78. The van der Waals surface area contributed by atoms with E-state index in [1.54, 1.807) is 11.8 Å². The van der Waals surface area contributed by atoms with E-state index in [0.29, 0.717) is 11.7 Å². The van der Waals surface area contributed by atoms with E-state index in [0.717, 1.165) is 19.5 Å². The number of thioether (sulfide) groups is 1. The van der Waals surface area contributed by atoms with E-state index in [1.165, 1.54) is 43.6 Å². The molecule has 2 aliphatic rings. The Hall–Kier alpha value is -1.20. The van der Waals surface area contributed by atoms with Gasteiger partial charge in [-0.25, -0.2) is 0 Å². The number of anilines is 1. The summed E-state index contributed by atoms with van der Waals surface area (Å²) in [6.07, 6.45) is 5.13. The molecule has 0 saturated carbocycles. The van der Waals surface area contributed by atoms with E-state index in [9.17, 15) is 4.79 Å². The van der Waals surface area contributed by atoms with Crippen LogP contribution in [-0.2, 0) is 4.79 Å². The van der Waals surface area contributed by atoms with Gasteiger partial charge >= 0.3 is 0 Å². The van der Waals surface area contributed by atoms with Crippen molar-refractivity contribution >= 4 is 23.4 Å². The first kappa shape index (κ1) is 17.6. The van der Waals surface area contributed by atoms with Gasteiger partial charge in [-0.05, 0) is 56.6 Å². The molecule has 1 amide bonds. The molecule has 0 radical (unpaired) electrons. The summed E-state index contributed by atoms with van der Waals surface area (Å²) in [5.41, 5.74) is 2.44. The maximum atomic E-state index is 12.3. The molecule has 2 heterocycles. The molecule has 2 fully saturated rings. The summed E-state index contributed by atoms with van der Waals surface area (Å²) in [5.74, 6) is 0.907. The zero-order valence-corrected chi connectivity index (χ0v) is 15.7. The third kappa shape index (κ3) is 4.25. The second kappa shape index (κ2) is 8.26. The third-order valence-corrected chi connectivity index (χ3v) is 6.24. The second-order valence-electron chi connectivity index (χ2n) is 6.99. The molecule has 1 unspecified atom stereocenters. The molecule has 3 rings (SSSR count). The predicted octanol–water partition coefficient (Wildman–Crippen LogP) is 3.20. The van der Waals surface area contributed by atoms with Crippen LogP contribution in [0.4, 0.5) is 5.69 Å². The lowest BCUT2D eigenvalue weighted by atomic mass is 10.1. The van der Waals surface area contributed by atoms with E-state index >= 15 is 0 Å². The summed E-state index contributed by atoms with van der Waals surface area (Å²) in [7, 11) is 4.10. The van der Waals surface area contributed by atoms with E-state index in [4.69, 9.17) is 0 Å². The lowest BCUT2D eigenvalue weighted by Crippen LogP contribution is -2.34. The van der Waals surface area contributed by atoms with Crippen molar-refractivity contribution in [3.8, 4) is 0 Å². The average molecular weight is 348 g/mol. The number of carbonyl (C=O) groups is 1. The van der Waals surface area contributed by atoms with Gasteiger partial charge in [0.05, 0.1) is 5.75 Å². The van der Waals surface area contributed by atoms with Crippen LogP contribution in [-0.4, -0.2) is 61.7 Å². The van der Waals surface area contributed by atoms with Gasteiger partial charge in [-0.15, -0.1) is 11.8 Å². The smallest absolute Gasteiger partial charge is 0.233 e. The normalized spacial score (nSPS) is 22.2. The van der Waals surface area contributed by atoms with E-state index in [-0.39, 0.29) is 5.37 Å². The number of benzene rings is 1. The van der Waals surface area contributed by atoms with Crippen molar-refractivity contribution in [2.24, 2.45) is 0 Å². The van der Waals surface area contributed by atoms with Gasteiger partial charge < -0.3 is 14.7 Å². The molecule has 1 aromatic rings. The Morgan fingerprint density at radius 2 is 1.79 bits per heavy atom. The van der Waals surface area contributed by atoms with E-state index in [2.05, 4.69) is 53.1 Å². The molecule has 0 bridgehead atoms. The molecule has 0 spiro atoms. The number of hydrogen-bond donors (Lipinski definition) is 0. The lowest BCUT2D eigenvalue weighted by Gasteiger charge is -2.29. The van der Waals surface area contributed by atoms with Gasteiger partial charge in [0.25, 0.3) is 0 Å². The van der Waals surface area contributed by atoms with E-state index < -0.39 is 0 Å². The number of piperidine rings is 1. The van der Waals surface area contributed by atoms with Gasteiger partial charge in [-0.2, -0.15) is 0 Å². The maximum absolute atomic E-state index is 12.3. The van der Waals surface area contributed by atoms with Crippen molar-refractivity contribution < 1.29 is 4.79 Å². The Labute approximate surface area is 150 Å². The summed E-state index contributed by atoms with van der Waals surface area (Å²) in [6, 6.07) is 8.63. The summed E-state index contributed by atoms with van der Waals surface area (Å²) in [6.45, 7) is 4.47. The summed E-state index contributed by atoms with van der Waals surface area (Å²) in [4.78, 5) is 19.0. The standard InChI is InChI=1S/C19H29N3OS/c1-20(2)17-9-7-16(8-10-17)19-22(18(23)15-24-19)14-6-13-21-11-4-3-5-12-21/h7-10,19H,3-6,11-15H2,1-2H3. The summed E-state index contributed by atoms with van der Waals surface area (Å²) < 4.78 is 0. The summed E-state index contributed by atoms with van der Waals surface area (Å²) in [5, 5.41) is 0.190. The lowest BCUT2D eigenvalue weighted by molar-refractivity contribution is -0.128. The third-order valence-electron chi connectivity index (χ3n) is 4.98. The Kier molecular flexibility index (Phi) is 6.06. The van der Waals surface area contributed by atoms with Crippen molar-refractivity contribution in [1.82, 2.24) is 9.80 Å². The maximum Gasteiger partial charge on any atom is 0.233 e. The Morgan fingerprint density at radius 1 is 1.08 bits per heavy atom. The molecule has 4 nitrogen and oxygen atoms in total. The van der Waals surface area contributed by atoms with Crippen LogP contribution in [0.15, 0.2) is 24.3 Å². The molecular formula is C19H29N3OS. The molecule has 24 heavy (non-hydrogen) atoms. The highest BCUT2D eigenvalue weighted by atomic mass is 32.2. The van der Waals surface area contributed by atoms with Crippen molar-refractivity contribution in [1.29, 1.82) is 0 Å². The Balaban J connectivity index is 1.57. The molecule has 1 aromatic carbocycles. The number of hydrogen-bond acceptors (Lipinski definition) is 4. The molecule has 5 heteroatoms. The molecule has 1 atom stereocenters. The fraction of sp³-hybridized carbons (Fsp3) is 0.632. The minimum absolute atomic E-state index is 0.190. The number of rotatable bonds is 6. The highest BCUT2D eigenvalue weighted by Gasteiger charge is 2.32. The van der Waals surface area contributed by atoms with Crippen LogP contribution in [0.3, 0.4) is 0 Å². The van der Waals surface area contributed by atoms with Gasteiger partial charge in [0, 0.05) is 26.3 Å². The minimum atomic E-state index is 0.190. The number of amides is 1. The molecule has 0 N–H and O–H groups in total. The SMILES string of the molecule is CN(C)c1ccc(C2SCC(=O)N2CCCN2CCCCC2)cc1. The Bertz CT molecular complexity index is 540. The molecule has 2 aliphatic heterocycles. The van der Waals surface area contributed by atoms with Crippen molar-refractivity contribution in [3.63, 3.8) is 0 Å². The fourth-order valence-electron chi connectivity index (χ4n) is 3.56. The van der Waals surface area contributed by atoms with E-state index in [1.807, 2.05) is 0 Å². The Morgan fingerprint density at radius 3 is 2.46 bits per heavy atom. The minimum Gasteiger partial charge on any atom is -0.378 e. The monoisotopic (exact) mass is 347 g/mol. The zero-order chi connectivity index (χ0) is 16.9. The number of likely N-dealkylation sites (tertiary alicyclic amines) is 1. The topological polar surface area (TPSA) is 26.8 Å². The first-order valence-corrected chi connectivity index (χ1v) is 10.1. The highest BCUT2D eigenvalue weighted by Crippen LogP contribution is 2.39. The predicted molar refractivity (Wildman–Crippen MR) is 103 cm³/mol. The molecule has 0 aromatic heterocycles. The molecule has 132 valence electrons. The first-order valence-electron chi connectivity index (χ1n) is 9.06. The largest absolute Gasteiger partial charge is 0.378 e. The van der Waals surface area contributed by atoms with Crippen LogP contribution in [0.1, 0.15) is 36.6 Å². The molecule has 2 saturated heterocycles. The quantitative estimate of drug-likeness (QED) is 0.789. The van der Waals surface area contributed by atoms with Gasteiger partial charge in [0.2, 0.25) is 5.91 Å². The van der Waals surface area contributed by atoms with Gasteiger partial charge in [-0.1, -0.05) is 18.6 Å². The first-order chi connectivity index (χ1) is 11.6. The van der Waals surface area contributed by atoms with Crippen LogP contribution in [0.2, 0.25) is 0 Å². The van der Waals surface area contributed by atoms with Gasteiger partial charge in [0.15, 0.2) is 0 Å². The van der Waals surface area contributed by atoms with Crippen LogP contribution >= 0.6 is 11.8 Å². The highest BCUT2D eigenvalue weighted by molar-refractivity contribution is 8.00. The molecule has 0 aliphatic carbocycles. The molecular weight excluding hydrogens is 318 g/mol. The van der Waals surface area contributed by atoms with Crippen LogP contribution in [0, 0.1) is 0 Å². The number of nitrogens with zero attached hydrogens (tertiary/aromatic N) is 3. The van der Waals surface area contributed by atoms with Gasteiger partial charge in [-0.3, -0.25) is 4.79 Å². The van der Waals surface area contributed by atoms with Crippen molar-refractivity contribution in [2.45, 2.75) is 31.1 Å². The van der Waals surface area contributed by atoms with Crippen molar-refractivity contribution in [2.75, 3.05) is 50.9 Å². The zero-order valence-electron chi connectivity index (χ0n) is 14.9. The van der Waals surface area contributed by atoms with Gasteiger partial charge in [0.1, 0.15) is 5.37 Å².